The maximum absolute atomic E-state index is 11.6. The van der Waals surface area contributed by atoms with Gasteiger partial charge in [0.2, 0.25) is 0 Å². The molecule has 7 nitrogen and oxygen atoms in total. The standard InChI is InChI=1S/C20H17N5O2S/c1-12-11-17(25-24-12)22-18-15-5-3-4-6-16(15)21-20(23-18)28-14-9-7-13(8-10-14)19(26)27-2/h3-11H,1-2H3,(H2,21,22,23,24,25). The number of rotatable bonds is 5. The molecular weight excluding hydrogens is 374 g/mol. The number of hydrogen-bond donors (Lipinski definition) is 2. The van der Waals surface area contributed by atoms with E-state index in [4.69, 9.17) is 4.74 Å². The van der Waals surface area contributed by atoms with Crippen molar-refractivity contribution in [2.24, 2.45) is 0 Å². The lowest BCUT2D eigenvalue weighted by atomic mass is 10.2. The topological polar surface area (TPSA) is 92.8 Å². The van der Waals surface area contributed by atoms with Gasteiger partial charge in [0.05, 0.1) is 18.2 Å². The van der Waals surface area contributed by atoms with Crippen molar-refractivity contribution in [3.05, 3.63) is 65.9 Å². The molecule has 4 rings (SSSR count). The molecule has 0 amide bonds. The van der Waals surface area contributed by atoms with E-state index < -0.39 is 0 Å². The zero-order chi connectivity index (χ0) is 19.5. The van der Waals surface area contributed by atoms with Gasteiger partial charge in [0.15, 0.2) is 11.0 Å². The molecule has 0 bridgehead atoms. The predicted molar refractivity (Wildman–Crippen MR) is 108 cm³/mol. The molecule has 0 radical (unpaired) electrons. The SMILES string of the molecule is COC(=O)c1ccc(Sc2nc(Nc3cc(C)[nH]n3)c3ccccc3n2)cc1. The normalized spacial score (nSPS) is 10.8. The Morgan fingerprint density at radius 2 is 1.89 bits per heavy atom. The third-order valence-corrected chi connectivity index (χ3v) is 4.89. The fraction of sp³-hybridized carbons (Fsp3) is 0.100. The van der Waals surface area contributed by atoms with E-state index in [-0.39, 0.29) is 5.97 Å². The molecule has 0 atom stereocenters. The molecule has 0 fully saturated rings. The molecular formula is C20H17N5O2S. The van der Waals surface area contributed by atoms with Gasteiger partial charge in [-0.1, -0.05) is 12.1 Å². The molecule has 0 aliphatic rings. The van der Waals surface area contributed by atoms with Crippen LogP contribution in [0.1, 0.15) is 16.1 Å². The number of nitrogens with zero attached hydrogens (tertiary/aromatic N) is 3. The smallest absolute Gasteiger partial charge is 0.337 e. The summed E-state index contributed by atoms with van der Waals surface area (Å²) in [6, 6.07) is 16.9. The highest BCUT2D eigenvalue weighted by Crippen LogP contribution is 2.30. The van der Waals surface area contributed by atoms with Crippen LogP contribution in [0, 0.1) is 6.92 Å². The monoisotopic (exact) mass is 391 g/mol. The van der Waals surface area contributed by atoms with Crippen LogP contribution in [0.5, 0.6) is 0 Å². The van der Waals surface area contributed by atoms with Gasteiger partial charge in [-0.2, -0.15) is 5.10 Å². The van der Waals surface area contributed by atoms with Gasteiger partial charge in [-0.25, -0.2) is 14.8 Å². The highest BCUT2D eigenvalue weighted by molar-refractivity contribution is 7.99. The Labute approximate surface area is 165 Å². The van der Waals surface area contributed by atoms with Gasteiger partial charge in [0.1, 0.15) is 5.82 Å². The van der Waals surface area contributed by atoms with E-state index in [1.54, 1.807) is 12.1 Å². The van der Waals surface area contributed by atoms with Crippen molar-refractivity contribution in [2.75, 3.05) is 12.4 Å². The largest absolute Gasteiger partial charge is 0.465 e. The molecule has 28 heavy (non-hydrogen) atoms. The molecule has 2 heterocycles. The second-order valence-corrected chi connectivity index (χ2v) is 7.09. The Balaban J connectivity index is 1.66. The highest BCUT2D eigenvalue weighted by atomic mass is 32.2. The first-order valence-corrected chi connectivity index (χ1v) is 9.36. The van der Waals surface area contributed by atoms with Crippen LogP contribution in [0.15, 0.2) is 64.6 Å². The van der Waals surface area contributed by atoms with Crippen LogP contribution < -0.4 is 5.32 Å². The van der Waals surface area contributed by atoms with Crippen LogP contribution in [0.25, 0.3) is 10.9 Å². The summed E-state index contributed by atoms with van der Waals surface area (Å²) < 4.78 is 4.73. The first-order chi connectivity index (χ1) is 13.6. The zero-order valence-corrected chi connectivity index (χ0v) is 16.1. The molecule has 2 N–H and O–H groups in total. The minimum absolute atomic E-state index is 0.362. The third kappa shape index (κ3) is 3.81. The second kappa shape index (κ2) is 7.69. The number of aromatic amines is 1. The number of benzene rings is 2. The van der Waals surface area contributed by atoms with E-state index in [0.717, 1.165) is 21.5 Å². The number of ether oxygens (including phenoxy) is 1. The number of carbonyl (C=O) groups is 1. The van der Waals surface area contributed by atoms with E-state index in [0.29, 0.717) is 22.4 Å². The number of para-hydroxylation sites is 1. The first kappa shape index (κ1) is 18.0. The first-order valence-electron chi connectivity index (χ1n) is 8.54. The van der Waals surface area contributed by atoms with Crippen LogP contribution in [-0.4, -0.2) is 33.2 Å². The van der Waals surface area contributed by atoms with E-state index in [1.165, 1.54) is 18.9 Å². The fourth-order valence-electron chi connectivity index (χ4n) is 2.68. The number of methoxy groups -OCH3 is 1. The number of aryl methyl sites for hydroxylation is 1. The minimum atomic E-state index is -0.362. The molecule has 140 valence electrons. The molecule has 4 aromatic rings. The summed E-state index contributed by atoms with van der Waals surface area (Å²) in [7, 11) is 1.36. The van der Waals surface area contributed by atoms with Gasteiger partial charge in [-0.05, 0) is 55.1 Å². The molecule has 0 saturated carbocycles. The second-order valence-electron chi connectivity index (χ2n) is 6.05. The lowest BCUT2D eigenvalue weighted by Crippen LogP contribution is -2.00. The Morgan fingerprint density at radius 3 is 2.61 bits per heavy atom. The van der Waals surface area contributed by atoms with Crippen LogP contribution in [-0.2, 0) is 4.74 Å². The third-order valence-electron chi connectivity index (χ3n) is 4.02. The van der Waals surface area contributed by atoms with E-state index in [2.05, 4.69) is 25.5 Å². The maximum atomic E-state index is 11.6. The molecule has 0 aliphatic heterocycles. The summed E-state index contributed by atoms with van der Waals surface area (Å²) in [5, 5.41) is 11.9. The van der Waals surface area contributed by atoms with Crippen molar-refractivity contribution in [3.63, 3.8) is 0 Å². The van der Waals surface area contributed by atoms with Gasteiger partial charge < -0.3 is 10.1 Å². The minimum Gasteiger partial charge on any atom is -0.465 e. The van der Waals surface area contributed by atoms with Crippen LogP contribution in [0.3, 0.4) is 0 Å². The van der Waals surface area contributed by atoms with Crippen LogP contribution in [0.4, 0.5) is 11.6 Å². The van der Waals surface area contributed by atoms with Gasteiger partial charge in [0, 0.05) is 22.0 Å². The van der Waals surface area contributed by atoms with Crippen molar-refractivity contribution in [1.29, 1.82) is 0 Å². The molecule has 0 unspecified atom stereocenters. The van der Waals surface area contributed by atoms with Crippen molar-refractivity contribution >= 4 is 40.3 Å². The predicted octanol–water partition coefficient (Wildman–Crippen LogP) is 4.34. The lowest BCUT2D eigenvalue weighted by Gasteiger charge is -2.09. The van der Waals surface area contributed by atoms with Crippen LogP contribution in [0.2, 0.25) is 0 Å². The molecule has 0 saturated heterocycles. The number of H-pyrrole nitrogens is 1. The van der Waals surface area contributed by atoms with Crippen molar-refractivity contribution in [1.82, 2.24) is 20.2 Å². The lowest BCUT2D eigenvalue weighted by molar-refractivity contribution is 0.0600. The van der Waals surface area contributed by atoms with Crippen molar-refractivity contribution in [3.8, 4) is 0 Å². The Bertz CT molecular complexity index is 1140. The molecule has 2 aromatic heterocycles. The summed E-state index contributed by atoms with van der Waals surface area (Å²) in [6.45, 7) is 1.94. The average Bonchev–Trinajstić information content (AvgIpc) is 3.12. The number of aromatic nitrogens is 4. The van der Waals surface area contributed by atoms with Crippen molar-refractivity contribution in [2.45, 2.75) is 17.0 Å². The number of hydrogen-bond acceptors (Lipinski definition) is 7. The van der Waals surface area contributed by atoms with Gasteiger partial charge in [0.25, 0.3) is 0 Å². The van der Waals surface area contributed by atoms with Gasteiger partial charge >= 0.3 is 5.97 Å². The summed E-state index contributed by atoms with van der Waals surface area (Å²) in [5.41, 5.74) is 2.30. The molecule has 0 aliphatic carbocycles. The summed E-state index contributed by atoms with van der Waals surface area (Å²) in [6.07, 6.45) is 0. The van der Waals surface area contributed by atoms with Gasteiger partial charge in [-0.15, -0.1) is 0 Å². The number of fused-ring (bicyclic) bond motifs is 1. The van der Waals surface area contributed by atoms with E-state index >= 15 is 0 Å². The number of esters is 1. The average molecular weight is 391 g/mol. The van der Waals surface area contributed by atoms with Crippen LogP contribution >= 0.6 is 11.8 Å². The summed E-state index contributed by atoms with van der Waals surface area (Å²) >= 11 is 1.42. The van der Waals surface area contributed by atoms with E-state index in [1.807, 2.05) is 49.4 Å². The Hall–Kier alpha value is -3.39. The van der Waals surface area contributed by atoms with Crippen molar-refractivity contribution < 1.29 is 9.53 Å². The molecule has 2 aromatic carbocycles. The highest BCUT2D eigenvalue weighted by Gasteiger charge is 2.11. The zero-order valence-electron chi connectivity index (χ0n) is 15.3. The Kier molecular flexibility index (Phi) is 4.94. The van der Waals surface area contributed by atoms with Gasteiger partial charge in [-0.3, -0.25) is 5.10 Å². The fourth-order valence-corrected chi connectivity index (χ4v) is 3.45. The molecule has 0 spiro atoms. The number of anilines is 2. The number of carbonyl (C=O) groups excluding carboxylic acids is 1. The molecule has 8 heteroatoms. The maximum Gasteiger partial charge on any atom is 0.337 e. The van der Waals surface area contributed by atoms with E-state index in [9.17, 15) is 4.79 Å². The number of nitrogens with one attached hydrogen (secondary N) is 2. The Morgan fingerprint density at radius 1 is 1.11 bits per heavy atom. The summed E-state index contributed by atoms with van der Waals surface area (Å²) in [5.74, 6) is 1.02. The summed E-state index contributed by atoms with van der Waals surface area (Å²) in [4.78, 5) is 21.8. The quantitative estimate of drug-likeness (QED) is 0.386.